The van der Waals surface area contributed by atoms with Crippen molar-refractivity contribution in [1.29, 1.82) is 0 Å². The number of thioether (sulfide) groups is 1. The zero-order valence-corrected chi connectivity index (χ0v) is 24.7. The minimum atomic E-state index is -0.763. The standard InChI is InChI=1S/C36H32N4O3S/c37-34-33-29(21-40(35(33)39-23-38-34)32-20-30(42)31(22-41)43-32)24-16-18-28(19-17-24)44-36(25-10-4-1-5-11-25,26-12-6-2-7-13-26)27-14-8-3-9-15-27/h1-19,21,23,30-32,41-42H,20,22H2,(H2,37,38,39)/t30-,31+,32+/m0/s1. The van der Waals surface area contributed by atoms with Crippen molar-refractivity contribution in [2.24, 2.45) is 0 Å². The maximum Gasteiger partial charge on any atom is 0.148 e. The summed E-state index contributed by atoms with van der Waals surface area (Å²) in [6, 6.07) is 40.4. The van der Waals surface area contributed by atoms with E-state index in [0.717, 1.165) is 21.4 Å². The minimum absolute atomic E-state index is 0.254. The third-order valence-corrected chi connectivity index (χ3v) is 9.83. The number of ether oxygens (including phenoxy) is 1. The van der Waals surface area contributed by atoms with Crippen LogP contribution in [0.3, 0.4) is 0 Å². The van der Waals surface area contributed by atoms with Crippen LogP contribution in [-0.2, 0) is 9.48 Å². The summed E-state index contributed by atoms with van der Waals surface area (Å²) >= 11 is 1.81. The third-order valence-electron chi connectivity index (χ3n) is 8.31. The lowest BCUT2D eigenvalue weighted by Gasteiger charge is -2.35. The molecule has 4 aromatic carbocycles. The Morgan fingerprint density at radius 2 is 1.39 bits per heavy atom. The van der Waals surface area contributed by atoms with Crippen LogP contribution in [0.15, 0.2) is 133 Å². The summed E-state index contributed by atoms with van der Waals surface area (Å²) in [4.78, 5) is 9.89. The van der Waals surface area contributed by atoms with Crippen LogP contribution < -0.4 is 5.73 Å². The van der Waals surface area contributed by atoms with Gasteiger partial charge in [0.2, 0.25) is 0 Å². The third kappa shape index (κ3) is 4.96. The molecule has 1 fully saturated rings. The zero-order chi connectivity index (χ0) is 30.1. The van der Waals surface area contributed by atoms with Gasteiger partial charge in [0.05, 0.1) is 22.8 Å². The van der Waals surface area contributed by atoms with Gasteiger partial charge in [-0.15, -0.1) is 11.8 Å². The topological polar surface area (TPSA) is 106 Å². The van der Waals surface area contributed by atoms with Crippen LogP contribution in [0.1, 0.15) is 29.3 Å². The highest BCUT2D eigenvalue weighted by molar-refractivity contribution is 8.00. The molecule has 0 spiro atoms. The predicted octanol–water partition coefficient (Wildman–Crippen LogP) is 6.41. The molecular formula is C36H32N4O3S. The van der Waals surface area contributed by atoms with E-state index in [4.69, 9.17) is 10.5 Å². The molecule has 3 heterocycles. The number of fused-ring (bicyclic) bond motifs is 1. The van der Waals surface area contributed by atoms with E-state index in [1.807, 2.05) is 22.5 Å². The summed E-state index contributed by atoms with van der Waals surface area (Å²) in [5.74, 6) is 0.371. The Morgan fingerprint density at radius 3 is 1.91 bits per heavy atom. The van der Waals surface area contributed by atoms with Crippen LogP contribution >= 0.6 is 11.8 Å². The second-order valence-corrected chi connectivity index (χ2v) is 12.2. The predicted molar refractivity (Wildman–Crippen MR) is 174 cm³/mol. The molecule has 4 N–H and O–H groups in total. The summed E-state index contributed by atoms with van der Waals surface area (Å²) < 4.78 is 7.37. The molecule has 6 aromatic rings. The van der Waals surface area contributed by atoms with E-state index in [9.17, 15) is 10.2 Å². The van der Waals surface area contributed by atoms with E-state index < -0.39 is 23.2 Å². The summed E-state index contributed by atoms with van der Waals surface area (Å²) in [5, 5.41) is 20.7. The highest BCUT2D eigenvalue weighted by Crippen LogP contribution is 2.52. The van der Waals surface area contributed by atoms with Crippen molar-refractivity contribution in [1.82, 2.24) is 14.5 Å². The summed E-state index contributed by atoms with van der Waals surface area (Å²) in [6.07, 6.45) is 1.84. The number of rotatable bonds is 8. The number of aromatic nitrogens is 3. The molecule has 7 nitrogen and oxygen atoms in total. The van der Waals surface area contributed by atoms with E-state index in [1.54, 1.807) is 0 Å². The zero-order valence-electron chi connectivity index (χ0n) is 23.9. The number of hydrogen-bond donors (Lipinski definition) is 3. The van der Waals surface area contributed by atoms with Gasteiger partial charge in [0, 0.05) is 23.1 Å². The Balaban J connectivity index is 1.31. The fourth-order valence-electron chi connectivity index (χ4n) is 6.17. The molecule has 0 amide bonds. The van der Waals surface area contributed by atoms with Gasteiger partial charge in [-0.05, 0) is 34.4 Å². The number of benzene rings is 4. The molecule has 3 atom stereocenters. The molecule has 220 valence electrons. The molecule has 1 aliphatic rings. The number of hydrogen-bond acceptors (Lipinski definition) is 7. The quantitative estimate of drug-likeness (QED) is 0.137. The Labute approximate surface area is 260 Å². The maximum absolute atomic E-state index is 10.4. The van der Waals surface area contributed by atoms with Gasteiger partial charge >= 0.3 is 0 Å². The Bertz CT molecular complexity index is 1770. The van der Waals surface area contributed by atoms with Crippen LogP contribution in [0.2, 0.25) is 0 Å². The van der Waals surface area contributed by atoms with Crippen molar-refractivity contribution in [3.05, 3.63) is 144 Å². The van der Waals surface area contributed by atoms with E-state index in [2.05, 4.69) is 125 Å². The largest absolute Gasteiger partial charge is 0.394 e. The highest BCUT2D eigenvalue weighted by Gasteiger charge is 2.38. The molecule has 0 radical (unpaired) electrons. The van der Waals surface area contributed by atoms with Crippen LogP contribution in [-0.4, -0.2) is 43.6 Å². The maximum atomic E-state index is 10.4. The first-order valence-corrected chi connectivity index (χ1v) is 15.4. The number of nitrogen functional groups attached to an aromatic ring is 1. The Kier molecular flexibility index (Phi) is 7.66. The fraction of sp³-hybridized carbons (Fsp3) is 0.167. The van der Waals surface area contributed by atoms with E-state index in [-0.39, 0.29) is 6.61 Å². The van der Waals surface area contributed by atoms with Gasteiger partial charge < -0.3 is 25.3 Å². The van der Waals surface area contributed by atoms with Crippen LogP contribution in [0.25, 0.3) is 22.2 Å². The second kappa shape index (κ2) is 11.9. The molecule has 0 saturated carbocycles. The van der Waals surface area contributed by atoms with Crippen molar-refractivity contribution >= 4 is 28.6 Å². The first-order valence-electron chi connectivity index (χ1n) is 14.6. The molecular weight excluding hydrogens is 568 g/mol. The molecule has 1 saturated heterocycles. The summed E-state index contributed by atoms with van der Waals surface area (Å²) in [7, 11) is 0. The van der Waals surface area contributed by atoms with Crippen LogP contribution in [0.5, 0.6) is 0 Å². The van der Waals surface area contributed by atoms with Crippen LogP contribution in [0, 0.1) is 0 Å². The number of aliphatic hydroxyl groups excluding tert-OH is 2. The first kappa shape index (κ1) is 28.3. The molecule has 8 heteroatoms. The van der Waals surface area contributed by atoms with Gasteiger partial charge in [-0.25, -0.2) is 9.97 Å². The summed E-state index contributed by atoms with van der Waals surface area (Å²) in [6.45, 7) is -0.254. The molecule has 0 bridgehead atoms. The van der Waals surface area contributed by atoms with Crippen molar-refractivity contribution in [3.63, 3.8) is 0 Å². The number of nitrogens with zero attached hydrogens (tertiary/aromatic N) is 3. The molecule has 0 unspecified atom stereocenters. The molecule has 2 aromatic heterocycles. The van der Waals surface area contributed by atoms with Crippen molar-refractivity contribution < 1.29 is 14.9 Å². The normalized spacial score (nSPS) is 18.5. The smallest absolute Gasteiger partial charge is 0.148 e. The SMILES string of the molecule is Nc1ncnc2c1c(-c1ccc(SC(c3ccccc3)(c3ccccc3)c3ccccc3)cc1)cn2[C@H]1C[C@H](O)[C@@H](CO)O1. The van der Waals surface area contributed by atoms with Gasteiger partial charge in [0.25, 0.3) is 0 Å². The molecule has 7 rings (SSSR count). The lowest BCUT2D eigenvalue weighted by Crippen LogP contribution is -2.25. The monoisotopic (exact) mass is 600 g/mol. The fourth-order valence-corrected chi connectivity index (χ4v) is 7.56. The van der Waals surface area contributed by atoms with Crippen molar-refractivity contribution in [3.8, 4) is 11.1 Å². The average molecular weight is 601 g/mol. The first-order chi connectivity index (χ1) is 21.6. The number of nitrogens with two attached hydrogens (primary N) is 1. The molecule has 0 aliphatic carbocycles. The van der Waals surface area contributed by atoms with Crippen molar-refractivity contribution in [2.45, 2.75) is 34.5 Å². The minimum Gasteiger partial charge on any atom is -0.394 e. The van der Waals surface area contributed by atoms with Crippen molar-refractivity contribution in [2.75, 3.05) is 12.3 Å². The lowest BCUT2D eigenvalue weighted by atomic mass is 9.84. The highest BCUT2D eigenvalue weighted by atomic mass is 32.2. The van der Waals surface area contributed by atoms with Gasteiger partial charge in [0.15, 0.2) is 0 Å². The van der Waals surface area contributed by atoms with Gasteiger partial charge in [-0.1, -0.05) is 103 Å². The number of anilines is 1. The lowest BCUT2D eigenvalue weighted by molar-refractivity contribution is -0.0430. The van der Waals surface area contributed by atoms with E-state index in [1.165, 1.54) is 23.0 Å². The average Bonchev–Trinajstić information content (AvgIpc) is 3.66. The Hall–Kier alpha value is -4.47. The summed E-state index contributed by atoms with van der Waals surface area (Å²) in [5.41, 5.74) is 12.4. The molecule has 44 heavy (non-hydrogen) atoms. The molecule has 1 aliphatic heterocycles. The second-order valence-electron chi connectivity index (χ2n) is 10.9. The number of aliphatic hydroxyl groups is 2. The Morgan fingerprint density at radius 1 is 0.818 bits per heavy atom. The van der Waals surface area contributed by atoms with E-state index >= 15 is 0 Å². The van der Waals surface area contributed by atoms with Gasteiger partial charge in [-0.3, -0.25) is 0 Å². The van der Waals surface area contributed by atoms with Gasteiger partial charge in [0.1, 0.15) is 30.1 Å². The van der Waals surface area contributed by atoms with E-state index in [0.29, 0.717) is 17.9 Å². The van der Waals surface area contributed by atoms with Gasteiger partial charge in [-0.2, -0.15) is 0 Å². The van der Waals surface area contributed by atoms with Crippen LogP contribution in [0.4, 0.5) is 5.82 Å².